The van der Waals surface area contributed by atoms with E-state index in [2.05, 4.69) is 5.32 Å². The van der Waals surface area contributed by atoms with Gasteiger partial charge in [0.05, 0.1) is 32.1 Å². The number of carbonyl (C=O) groups excluding carboxylic acids is 1. The van der Waals surface area contributed by atoms with Crippen molar-refractivity contribution < 1.29 is 19.1 Å². The van der Waals surface area contributed by atoms with Crippen LogP contribution < -0.4 is 5.32 Å². The van der Waals surface area contributed by atoms with Gasteiger partial charge >= 0.3 is 6.03 Å². The van der Waals surface area contributed by atoms with Gasteiger partial charge in [-0.3, -0.25) is 0 Å². The number of hydrogen-bond acceptors (Lipinski definition) is 4. The summed E-state index contributed by atoms with van der Waals surface area (Å²) >= 11 is 0. The SMILES string of the molecule is O=C(Nc1cccc(-c2ccco2)c1)N1CCOCC1CO. The van der Waals surface area contributed by atoms with Crippen LogP contribution in [-0.2, 0) is 4.74 Å². The number of benzene rings is 1. The molecule has 1 aromatic carbocycles. The van der Waals surface area contributed by atoms with E-state index in [1.54, 1.807) is 11.2 Å². The zero-order valence-electron chi connectivity index (χ0n) is 12.1. The summed E-state index contributed by atoms with van der Waals surface area (Å²) in [5.41, 5.74) is 1.57. The Hall–Kier alpha value is -2.31. The third kappa shape index (κ3) is 3.13. The Morgan fingerprint density at radius 3 is 3.05 bits per heavy atom. The average molecular weight is 302 g/mol. The number of anilines is 1. The number of nitrogens with one attached hydrogen (secondary N) is 1. The summed E-state index contributed by atoms with van der Waals surface area (Å²) in [7, 11) is 0. The van der Waals surface area contributed by atoms with Gasteiger partial charge in [0.1, 0.15) is 5.76 Å². The lowest BCUT2D eigenvalue weighted by Gasteiger charge is -2.34. The van der Waals surface area contributed by atoms with Crippen molar-refractivity contribution in [1.82, 2.24) is 4.90 Å². The molecule has 1 unspecified atom stereocenters. The summed E-state index contributed by atoms with van der Waals surface area (Å²) in [5.74, 6) is 0.746. The molecule has 6 nitrogen and oxygen atoms in total. The van der Waals surface area contributed by atoms with E-state index >= 15 is 0 Å². The molecular weight excluding hydrogens is 284 g/mol. The summed E-state index contributed by atoms with van der Waals surface area (Å²) in [6.07, 6.45) is 1.61. The van der Waals surface area contributed by atoms with E-state index in [1.807, 2.05) is 36.4 Å². The van der Waals surface area contributed by atoms with Crippen LogP contribution in [-0.4, -0.2) is 48.4 Å². The highest BCUT2D eigenvalue weighted by Crippen LogP contribution is 2.23. The summed E-state index contributed by atoms with van der Waals surface area (Å²) in [4.78, 5) is 14.0. The highest BCUT2D eigenvalue weighted by Gasteiger charge is 2.26. The van der Waals surface area contributed by atoms with Crippen molar-refractivity contribution >= 4 is 11.7 Å². The Bertz CT molecular complexity index is 627. The van der Waals surface area contributed by atoms with Gasteiger partial charge in [-0.05, 0) is 24.3 Å². The Morgan fingerprint density at radius 2 is 2.27 bits per heavy atom. The quantitative estimate of drug-likeness (QED) is 0.911. The van der Waals surface area contributed by atoms with E-state index in [-0.39, 0.29) is 18.7 Å². The maximum absolute atomic E-state index is 12.4. The molecule has 0 radical (unpaired) electrons. The fourth-order valence-corrected chi connectivity index (χ4v) is 2.46. The minimum Gasteiger partial charge on any atom is -0.464 e. The minimum atomic E-state index is -0.304. The first-order valence-electron chi connectivity index (χ1n) is 7.18. The molecule has 2 N–H and O–H groups in total. The molecule has 0 spiro atoms. The lowest BCUT2D eigenvalue weighted by atomic mass is 10.1. The second-order valence-electron chi connectivity index (χ2n) is 5.09. The third-order valence-corrected chi connectivity index (χ3v) is 3.62. The van der Waals surface area contributed by atoms with Crippen molar-refractivity contribution in [3.05, 3.63) is 42.7 Å². The van der Waals surface area contributed by atoms with Gasteiger partial charge in [0.15, 0.2) is 0 Å². The van der Waals surface area contributed by atoms with Crippen molar-refractivity contribution in [2.75, 3.05) is 31.7 Å². The van der Waals surface area contributed by atoms with Gasteiger partial charge in [-0.15, -0.1) is 0 Å². The van der Waals surface area contributed by atoms with E-state index < -0.39 is 0 Å². The number of rotatable bonds is 3. The maximum Gasteiger partial charge on any atom is 0.322 e. The minimum absolute atomic E-state index is 0.111. The van der Waals surface area contributed by atoms with Crippen LogP contribution in [0.1, 0.15) is 0 Å². The molecule has 0 saturated carbocycles. The van der Waals surface area contributed by atoms with Crippen LogP contribution in [0.15, 0.2) is 47.1 Å². The molecule has 1 saturated heterocycles. The highest BCUT2D eigenvalue weighted by atomic mass is 16.5. The monoisotopic (exact) mass is 302 g/mol. The molecule has 1 fully saturated rings. The molecule has 0 aliphatic carbocycles. The lowest BCUT2D eigenvalue weighted by Crippen LogP contribution is -2.52. The number of furan rings is 1. The van der Waals surface area contributed by atoms with E-state index in [0.717, 1.165) is 11.3 Å². The highest BCUT2D eigenvalue weighted by molar-refractivity contribution is 5.90. The average Bonchev–Trinajstić information content (AvgIpc) is 3.09. The topological polar surface area (TPSA) is 74.9 Å². The van der Waals surface area contributed by atoms with E-state index in [9.17, 15) is 9.90 Å². The molecule has 3 rings (SSSR count). The number of carbonyl (C=O) groups is 1. The standard InChI is InChI=1S/C16H18N2O4/c19-10-14-11-21-8-6-18(14)16(20)17-13-4-1-3-12(9-13)15-5-2-7-22-15/h1-5,7,9,14,19H,6,8,10-11H2,(H,17,20). The van der Waals surface area contributed by atoms with Crippen LogP contribution in [0.2, 0.25) is 0 Å². The molecule has 116 valence electrons. The van der Waals surface area contributed by atoms with Crippen LogP contribution in [0.5, 0.6) is 0 Å². The largest absolute Gasteiger partial charge is 0.464 e. The Labute approximate surface area is 128 Å². The first kappa shape index (κ1) is 14.6. The molecule has 1 atom stereocenters. The van der Waals surface area contributed by atoms with Gasteiger partial charge in [-0.25, -0.2) is 4.79 Å². The van der Waals surface area contributed by atoms with Crippen molar-refractivity contribution in [2.24, 2.45) is 0 Å². The van der Waals surface area contributed by atoms with Gasteiger partial charge in [0, 0.05) is 17.8 Å². The molecule has 1 aliphatic rings. The lowest BCUT2D eigenvalue weighted by molar-refractivity contribution is -0.00485. The number of amides is 2. The fraction of sp³-hybridized carbons (Fsp3) is 0.312. The number of aliphatic hydroxyl groups is 1. The van der Waals surface area contributed by atoms with Crippen LogP contribution in [0.3, 0.4) is 0 Å². The summed E-state index contributed by atoms with van der Waals surface area (Å²) in [6, 6.07) is 10.6. The normalized spacial score (nSPS) is 18.2. The van der Waals surface area contributed by atoms with E-state index in [1.165, 1.54) is 0 Å². The second-order valence-corrected chi connectivity index (χ2v) is 5.09. The van der Waals surface area contributed by atoms with E-state index in [4.69, 9.17) is 9.15 Å². The van der Waals surface area contributed by atoms with Gasteiger partial charge in [-0.2, -0.15) is 0 Å². The predicted molar refractivity (Wildman–Crippen MR) is 81.6 cm³/mol. The Morgan fingerprint density at radius 1 is 1.36 bits per heavy atom. The number of aliphatic hydroxyl groups excluding tert-OH is 1. The molecule has 2 heterocycles. The van der Waals surface area contributed by atoms with Crippen molar-refractivity contribution in [1.29, 1.82) is 0 Å². The molecular formula is C16H18N2O4. The van der Waals surface area contributed by atoms with Crippen molar-refractivity contribution in [3.63, 3.8) is 0 Å². The van der Waals surface area contributed by atoms with Crippen LogP contribution >= 0.6 is 0 Å². The summed E-state index contributed by atoms with van der Waals surface area (Å²) < 4.78 is 10.6. The predicted octanol–water partition coefficient (Wildman–Crippen LogP) is 2.17. The molecule has 22 heavy (non-hydrogen) atoms. The van der Waals surface area contributed by atoms with Crippen molar-refractivity contribution in [2.45, 2.75) is 6.04 Å². The van der Waals surface area contributed by atoms with Crippen LogP contribution in [0.4, 0.5) is 10.5 Å². The maximum atomic E-state index is 12.4. The number of morpholine rings is 1. The number of urea groups is 1. The first-order valence-corrected chi connectivity index (χ1v) is 7.18. The van der Waals surface area contributed by atoms with Gasteiger partial charge in [0.2, 0.25) is 0 Å². The van der Waals surface area contributed by atoms with Crippen LogP contribution in [0, 0.1) is 0 Å². The number of ether oxygens (including phenoxy) is 1. The zero-order chi connectivity index (χ0) is 15.4. The molecule has 2 amide bonds. The second kappa shape index (κ2) is 6.64. The van der Waals surface area contributed by atoms with Gasteiger partial charge in [-0.1, -0.05) is 12.1 Å². The Kier molecular flexibility index (Phi) is 4.41. The van der Waals surface area contributed by atoms with Crippen molar-refractivity contribution in [3.8, 4) is 11.3 Å². The van der Waals surface area contributed by atoms with E-state index in [0.29, 0.717) is 25.4 Å². The smallest absolute Gasteiger partial charge is 0.322 e. The summed E-state index contributed by atoms with van der Waals surface area (Å²) in [6.45, 7) is 1.20. The van der Waals surface area contributed by atoms with Gasteiger partial charge < -0.3 is 24.5 Å². The summed E-state index contributed by atoms with van der Waals surface area (Å²) in [5, 5.41) is 12.2. The third-order valence-electron chi connectivity index (χ3n) is 3.62. The molecule has 2 aromatic rings. The molecule has 1 aliphatic heterocycles. The molecule has 6 heteroatoms. The van der Waals surface area contributed by atoms with Crippen LogP contribution in [0.25, 0.3) is 11.3 Å². The fourth-order valence-electron chi connectivity index (χ4n) is 2.46. The first-order chi connectivity index (χ1) is 10.8. The molecule has 0 bridgehead atoms. The zero-order valence-corrected chi connectivity index (χ0v) is 12.1. The number of nitrogens with zero attached hydrogens (tertiary/aromatic N) is 1. The Balaban J connectivity index is 1.72. The molecule has 1 aromatic heterocycles. The number of hydrogen-bond donors (Lipinski definition) is 2. The van der Waals surface area contributed by atoms with Gasteiger partial charge in [0.25, 0.3) is 0 Å².